The Bertz CT molecular complexity index is 668. The predicted octanol–water partition coefficient (Wildman–Crippen LogP) is 3.19. The van der Waals surface area contributed by atoms with Gasteiger partial charge in [-0.1, -0.05) is 24.3 Å². The van der Waals surface area contributed by atoms with Crippen LogP contribution >= 0.6 is 0 Å². The minimum Gasteiger partial charge on any atom is -0.496 e. The molecule has 0 bridgehead atoms. The monoisotopic (exact) mass is 310 g/mol. The van der Waals surface area contributed by atoms with E-state index in [1.54, 1.807) is 36.6 Å². The van der Waals surface area contributed by atoms with Gasteiger partial charge in [0.05, 0.1) is 7.11 Å². The van der Waals surface area contributed by atoms with Crippen LogP contribution in [0.15, 0.2) is 54.9 Å². The average molecular weight is 310 g/mol. The maximum Gasteiger partial charge on any atom is 0.246 e. The lowest BCUT2D eigenvalue weighted by Crippen LogP contribution is -2.35. The van der Waals surface area contributed by atoms with E-state index < -0.39 is 0 Å². The minimum absolute atomic E-state index is 0.0312. The molecule has 4 nitrogen and oxygen atoms in total. The lowest BCUT2D eigenvalue weighted by atomic mass is 10.0. The third-order valence-electron chi connectivity index (χ3n) is 3.82. The van der Waals surface area contributed by atoms with Crippen LogP contribution in [-0.2, 0) is 11.2 Å². The summed E-state index contributed by atoms with van der Waals surface area (Å²) < 4.78 is 5.37. The highest BCUT2D eigenvalue weighted by molar-refractivity contribution is 5.91. The van der Waals surface area contributed by atoms with E-state index in [4.69, 9.17) is 4.74 Å². The molecule has 0 aliphatic rings. The zero-order valence-corrected chi connectivity index (χ0v) is 13.8. The van der Waals surface area contributed by atoms with E-state index in [9.17, 15) is 4.79 Å². The van der Waals surface area contributed by atoms with Gasteiger partial charge >= 0.3 is 0 Å². The molecule has 2 aromatic rings. The zero-order chi connectivity index (χ0) is 16.7. The van der Waals surface area contributed by atoms with Gasteiger partial charge in [0.15, 0.2) is 0 Å². The van der Waals surface area contributed by atoms with E-state index in [2.05, 4.69) is 4.98 Å². The summed E-state index contributed by atoms with van der Waals surface area (Å²) in [7, 11) is 3.48. The van der Waals surface area contributed by atoms with Crippen LogP contribution in [0.5, 0.6) is 5.75 Å². The van der Waals surface area contributed by atoms with Gasteiger partial charge in [-0.3, -0.25) is 9.78 Å². The molecule has 0 spiro atoms. The second kappa shape index (κ2) is 8.13. The maximum atomic E-state index is 12.3. The van der Waals surface area contributed by atoms with Crippen molar-refractivity contribution in [3.8, 4) is 5.75 Å². The molecule has 0 aliphatic heterocycles. The largest absolute Gasteiger partial charge is 0.496 e. The number of carbonyl (C=O) groups excluding carboxylic acids is 1. The maximum absolute atomic E-state index is 12.3. The van der Waals surface area contributed by atoms with Crippen LogP contribution in [-0.4, -0.2) is 36.0 Å². The number of aromatic nitrogens is 1. The standard InChI is InChI=1S/C19H22N2O2/c1-15(13-17-8-4-5-9-18(17)23-3)21(2)19(22)11-10-16-7-6-12-20-14-16/h4-12,14-15H,13H2,1-3H3/b11-10-/t15-/m1/s1. The second-order valence-electron chi connectivity index (χ2n) is 5.43. The van der Waals surface area contributed by atoms with E-state index in [0.717, 1.165) is 23.3 Å². The molecule has 1 atom stereocenters. The molecule has 0 saturated carbocycles. The van der Waals surface area contributed by atoms with Crippen molar-refractivity contribution in [3.63, 3.8) is 0 Å². The smallest absolute Gasteiger partial charge is 0.246 e. The third-order valence-corrected chi connectivity index (χ3v) is 3.82. The summed E-state index contributed by atoms with van der Waals surface area (Å²) in [6.45, 7) is 2.03. The highest BCUT2D eigenvalue weighted by atomic mass is 16.5. The van der Waals surface area contributed by atoms with Crippen LogP contribution < -0.4 is 4.74 Å². The highest BCUT2D eigenvalue weighted by Gasteiger charge is 2.15. The molecule has 1 amide bonds. The van der Waals surface area contributed by atoms with Gasteiger partial charge < -0.3 is 9.64 Å². The van der Waals surface area contributed by atoms with Gasteiger partial charge in [-0.25, -0.2) is 0 Å². The molecule has 0 aliphatic carbocycles. The first kappa shape index (κ1) is 16.7. The number of likely N-dealkylation sites (N-methyl/N-ethyl adjacent to an activating group) is 1. The van der Waals surface area contributed by atoms with Gasteiger partial charge in [0.25, 0.3) is 0 Å². The van der Waals surface area contributed by atoms with E-state index in [-0.39, 0.29) is 11.9 Å². The highest BCUT2D eigenvalue weighted by Crippen LogP contribution is 2.20. The fourth-order valence-electron chi connectivity index (χ4n) is 2.30. The summed E-state index contributed by atoms with van der Waals surface area (Å²) in [5.41, 5.74) is 2.00. The van der Waals surface area contributed by atoms with Crippen molar-refractivity contribution in [1.29, 1.82) is 0 Å². The van der Waals surface area contributed by atoms with Crippen molar-refractivity contribution in [2.75, 3.05) is 14.2 Å². The lowest BCUT2D eigenvalue weighted by molar-refractivity contribution is -0.126. The molecular weight excluding hydrogens is 288 g/mol. The fraction of sp³-hybridized carbons (Fsp3) is 0.263. The first-order chi connectivity index (χ1) is 11.1. The fourth-order valence-corrected chi connectivity index (χ4v) is 2.30. The first-order valence-electron chi connectivity index (χ1n) is 7.58. The van der Waals surface area contributed by atoms with E-state index >= 15 is 0 Å². The average Bonchev–Trinajstić information content (AvgIpc) is 2.60. The van der Waals surface area contributed by atoms with E-state index in [1.807, 2.05) is 50.4 Å². The molecule has 23 heavy (non-hydrogen) atoms. The molecule has 0 saturated heterocycles. The topological polar surface area (TPSA) is 42.4 Å². The summed E-state index contributed by atoms with van der Waals surface area (Å²) in [6, 6.07) is 11.7. The van der Waals surface area contributed by atoms with Gasteiger partial charge in [0.2, 0.25) is 5.91 Å². The molecule has 0 unspecified atom stereocenters. The van der Waals surface area contributed by atoms with E-state index in [1.165, 1.54) is 0 Å². The normalized spacial score (nSPS) is 12.1. The second-order valence-corrected chi connectivity index (χ2v) is 5.43. The van der Waals surface area contributed by atoms with Gasteiger partial charge in [-0.05, 0) is 42.7 Å². The number of para-hydroxylation sites is 1. The minimum atomic E-state index is -0.0312. The molecule has 1 aromatic carbocycles. The number of nitrogens with zero attached hydrogens (tertiary/aromatic N) is 2. The van der Waals surface area contributed by atoms with Crippen LogP contribution in [0.3, 0.4) is 0 Å². The van der Waals surface area contributed by atoms with Crippen LogP contribution in [0.4, 0.5) is 0 Å². The number of benzene rings is 1. The molecule has 2 rings (SSSR count). The van der Waals surface area contributed by atoms with Gasteiger partial charge in [-0.2, -0.15) is 0 Å². The quantitative estimate of drug-likeness (QED) is 0.770. The van der Waals surface area contributed by atoms with Crippen molar-refractivity contribution in [1.82, 2.24) is 9.88 Å². The summed E-state index contributed by atoms with van der Waals surface area (Å²) in [6.07, 6.45) is 7.53. The molecule has 120 valence electrons. The van der Waals surface area contributed by atoms with Gasteiger partial charge in [0, 0.05) is 31.6 Å². The Balaban J connectivity index is 2.00. The van der Waals surface area contributed by atoms with Crippen molar-refractivity contribution in [2.45, 2.75) is 19.4 Å². The molecule has 4 heteroatoms. The van der Waals surface area contributed by atoms with Crippen molar-refractivity contribution < 1.29 is 9.53 Å². The molecule has 0 radical (unpaired) electrons. The number of hydrogen-bond acceptors (Lipinski definition) is 3. The number of amides is 1. The summed E-state index contributed by atoms with van der Waals surface area (Å²) in [4.78, 5) is 18.1. The number of hydrogen-bond donors (Lipinski definition) is 0. The number of pyridine rings is 1. The number of carbonyl (C=O) groups is 1. The summed E-state index contributed by atoms with van der Waals surface area (Å²) in [5.74, 6) is 0.822. The van der Waals surface area contributed by atoms with Crippen LogP contribution in [0, 0.1) is 0 Å². The van der Waals surface area contributed by atoms with Gasteiger partial charge in [-0.15, -0.1) is 0 Å². The number of rotatable bonds is 6. The van der Waals surface area contributed by atoms with Gasteiger partial charge in [0.1, 0.15) is 5.75 Å². The summed E-state index contributed by atoms with van der Waals surface area (Å²) >= 11 is 0. The Labute approximate surface area is 137 Å². The number of methoxy groups -OCH3 is 1. The lowest BCUT2D eigenvalue weighted by Gasteiger charge is -2.24. The molecule has 0 N–H and O–H groups in total. The molecule has 1 aromatic heterocycles. The molecule has 1 heterocycles. The van der Waals surface area contributed by atoms with E-state index in [0.29, 0.717) is 0 Å². The van der Waals surface area contributed by atoms with Crippen molar-refractivity contribution in [2.24, 2.45) is 0 Å². The van der Waals surface area contributed by atoms with Crippen molar-refractivity contribution in [3.05, 3.63) is 66.0 Å². The van der Waals surface area contributed by atoms with Crippen LogP contribution in [0.25, 0.3) is 6.08 Å². The Morgan fingerprint density at radius 3 is 2.78 bits per heavy atom. The van der Waals surface area contributed by atoms with Crippen LogP contribution in [0.2, 0.25) is 0 Å². The number of ether oxygens (including phenoxy) is 1. The Kier molecular flexibility index (Phi) is 5.92. The molecular formula is C19H22N2O2. The zero-order valence-electron chi connectivity index (χ0n) is 13.8. The predicted molar refractivity (Wildman–Crippen MR) is 92.2 cm³/mol. The van der Waals surface area contributed by atoms with Crippen molar-refractivity contribution >= 4 is 12.0 Å². The summed E-state index contributed by atoms with van der Waals surface area (Å²) in [5, 5.41) is 0. The Hall–Kier alpha value is -2.62. The SMILES string of the molecule is COc1ccccc1C[C@@H](C)N(C)C(=O)/C=C\c1cccnc1. The Morgan fingerprint density at radius 2 is 2.09 bits per heavy atom. The third kappa shape index (κ3) is 4.68. The van der Waals surface area contributed by atoms with Crippen LogP contribution in [0.1, 0.15) is 18.1 Å². The first-order valence-corrected chi connectivity index (χ1v) is 7.58. The Morgan fingerprint density at radius 1 is 1.30 bits per heavy atom. The molecule has 0 fully saturated rings.